The van der Waals surface area contributed by atoms with Gasteiger partial charge in [0.15, 0.2) is 0 Å². The second-order valence-electron chi connectivity index (χ2n) is 4.85. The number of halogens is 2. The fourth-order valence-corrected chi connectivity index (χ4v) is 2.98. The molecule has 1 amide bonds. The lowest BCUT2D eigenvalue weighted by molar-refractivity contribution is -0.121. The largest absolute Gasteiger partial charge is 0.496 e. The van der Waals surface area contributed by atoms with Gasteiger partial charge in [-0.3, -0.25) is 4.79 Å². The number of nitrogens with one attached hydrogen (secondary N) is 1. The average Bonchev–Trinajstić information content (AvgIpc) is 2.46. The Balaban J connectivity index is 2.24. The lowest BCUT2D eigenvalue weighted by Crippen LogP contribution is -2.36. The van der Waals surface area contributed by atoms with Crippen molar-refractivity contribution >= 4 is 17.5 Å². The van der Waals surface area contributed by atoms with Crippen molar-refractivity contribution in [1.82, 2.24) is 5.32 Å². The van der Waals surface area contributed by atoms with Crippen LogP contribution in [0.3, 0.4) is 0 Å². The Bertz CT molecular complexity index is 697. The monoisotopic (exact) mass is 305 g/mol. The number of carbonyl (C=O) groups excluding carboxylic acids is 1. The third-order valence-corrected chi connectivity index (χ3v) is 3.94. The van der Waals surface area contributed by atoms with Crippen molar-refractivity contribution in [3.8, 4) is 5.75 Å². The summed E-state index contributed by atoms with van der Waals surface area (Å²) in [5, 5.41) is 3.08. The Hall–Kier alpha value is -2.07. The molecule has 3 nitrogen and oxygen atoms in total. The molecule has 0 spiro atoms. The number of methoxy groups -OCH3 is 1. The van der Waals surface area contributed by atoms with Gasteiger partial charge in [-0.25, -0.2) is 4.39 Å². The second kappa shape index (κ2) is 5.37. The van der Waals surface area contributed by atoms with Gasteiger partial charge in [0.25, 0.3) is 0 Å². The summed E-state index contributed by atoms with van der Waals surface area (Å²) in [6.45, 7) is 0. The highest BCUT2D eigenvalue weighted by atomic mass is 35.5. The number of ether oxygens (including phenoxy) is 1. The molecule has 2 aromatic carbocycles. The molecule has 21 heavy (non-hydrogen) atoms. The van der Waals surface area contributed by atoms with Gasteiger partial charge >= 0.3 is 0 Å². The Morgan fingerprint density at radius 2 is 2.00 bits per heavy atom. The van der Waals surface area contributed by atoms with E-state index in [4.69, 9.17) is 16.3 Å². The van der Waals surface area contributed by atoms with E-state index in [1.807, 2.05) is 12.1 Å². The molecule has 1 heterocycles. The van der Waals surface area contributed by atoms with Crippen LogP contribution in [0.1, 0.15) is 22.7 Å². The molecule has 1 atom stereocenters. The standard InChI is InChI=1S/C16H13ClFNO2/c1-21-12-7-2-4-9-8-13(20)19-16(14(9)12)15-10(17)5-3-6-11(15)18/h2-7,16H,8H2,1H3,(H,19,20). The summed E-state index contributed by atoms with van der Waals surface area (Å²) in [7, 11) is 1.55. The van der Waals surface area contributed by atoms with Gasteiger partial charge in [0.05, 0.1) is 19.6 Å². The van der Waals surface area contributed by atoms with E-state index < -0.39 is 11.9 Å². The first kappa shape index (κ1) is 13.9. The third kappa shape index (κ3) is 2.36. The van der Waals surface area contributed by atoms with Crippen LogP contribution in [0.2, 0.25) is 5.02 Å². The lowest BCUT2D eigenvalue weighted by Gasteiger charge is -2.29. The van der Waals surface area contributed by atoms with Crippen molar-refractivity contribution in [2.45, 2.75) is 12.5 Å². The van der Waals surface area contributed by atoms with Crippen LogP contribution in [0, 0.1) is 5.82 Å². The average molecular weight is 306 g/mol. The summed E-state index contributed by atoms with van der Waals surface area (Å²) in [6.07, 6.45) is 0.245. The molecule has 0 aliphatic carbocycles. The fraction of sp³-hybridized carbons (Fsp3) is 0.188. The molecule has 2 aromatic rings. The Morgan fingerprint density at radius 1 is 1.24 bits per heavy atom. The van der Waals surface area contributed by atoms with E-state index in [9.17, 15) is 9.18 Å². The van der Waals surface area contributed by atoms with Gasteiger partial charge in [-0.2, -0.15) is 0 Å². The highest BCUT2D eigenvalue weighted by Crippen LogP contribution is 2.39. The predicted molar refractivity (Wildman–Crippen MR) is 78.1 cm³/mol. The van der Waals surface area contributed by atoms with Crippen molar-refractivity contribution < 1.29 is 13.9 Å². The van der Waals surface area contributed by atoms with Crippen molar-refractivity contribution in [3.63, 3.8) is 0 Å². The van der Waals surface area contributed by atoms with Crippen LogP contribution < -0.4 is 10.1 Å². The van der Waals surface area contributed by atoms with Gasteiger partial charge in [-0.1, -0.05) is 29.8 Å². The molecule has 0 bridgehead atoms. The molecule has 1 unspecified atom stereocenters. The molecular formula is C16H13ClFNO2. The van der Waals surface area contributed by atoms with Crippen molar-refractivity contribution in [2.75, 3.05) is 7.11 Å². The molecule has 0 aromatic heterocycles. The first-order valence-electron chi connectivity index (χ1n) is 6.51. The Kier molecular flexibility index (Phi) is 3.55. The van der Waals surface area contributed by atoms with Crippen molar-refractivity contribution in [1.29, 1.82) is 0 Å². The van der Waals surface area contributed by atoms with Gasteiger partial charge in [0.2, 0.25) is 5.91 Å². The van der Waals surface area contributed by atoms with Crippen LogP contribution in [0.25, 0.3) is 0 Å². The summed E-state index contributed by atoms with van der Waals surface area (Å²) in [6, 6.07) is 9.28. The molecule has 1 aliphatic rings. The second-order valence-corrected chi connectivity index (χ2v) is 5.25. The maximum absolute atomic E-state index is 14.2. The minimum absolute atomic E-state index is 0.167. The van der Waals surface area contributed by atoms with Crippen LogP contribution in [-0.4, -0.2) is 13.0 Å². The summed E-state index contributed by atoms with van der Waals surface area (Å²) in [4.78, 5) is 11.9. The highest BCUT2D eigenvalue weighted by molar-refractivity contribution is 6.31. The third-order valence-electron chi connectivity index (χ3n) is 3.61. The van der Waals surface area contributed by atoms with E-state index in [2.05, 4.69) is 5.32 Å². The van der Waals surface area contributed by atoms with Crippen molar-refractivity contribution in [3.05, 3.63) is 63.9 Å². The summed E-state index contributed by atoms with van der Waals surface area (Å²) in [5.41, 5.74) is 1.84. The van der Waals surface area contributed by atoms with E-state index >= 15 is 0 Å². The molecule has 0 radical (unpaired) electrons. The zero-order valence-electron chi connectivity index (χ0n) is 11.3. The predicted octanol–water partition coefficient (Wildman–Crippen LogP) is 3.25. The molecular weight excluding hydrogens is 293 g/mol. The number of hydrogen-bond acceptors (Lipinski definition) is 2. The number of amides is 1. The molecule has 1 N–H and O–H groups in total. The number of hydrogen-bond donors (Lipinski definition) is 1. The van der Waals surface area contributed by atoms with Gasteiger partial charge in [-0.05, 0) is 23.8 Å². The van der Waals surface area contributed by atoms with Crippen LogP contribution in [0.15, 0.2) is 36.4 Å². The van der Waals surface area contributed by atoms with E-state index in [0.717, 1.165) is 11.1 Å². The first-order chi connectivity index (χ1) is 10.1. The van der Waals surface area contributed by atoms with E-state index in [0.29, 0.717) is 5.75 Å². The minimum atomic E-state index is -0.647. The van der Waals surface area contributed by atoms with Crippen LogP contribution in [0.4, 0.5) is 4.39 Å². The molecule has 108 valence electrons. The van der Waals surface area contributed by atoms with Crippen LogP contribution >= 0.6 is 11.6 Å². The zero-order valence-corrected chi connectivity index (χ0v) is 12.1. The quantitative estimate of drug-likeness (QED) is 0.925. The Labute approximate surface area is 126 Å². The SMILES string of the molecule is COc1cccc2c1C(c1c(F)cccc1Cl)NC(=O)C2. The Morgan fingerprint density at radius 3 is 2.71 bits per heavy atom. The summed E-state index contributed by atoms with van der Waals surface area (Å²) >= 11 is 6.14. The normalized spacial score (nSPS) is 17.1. The molecule has 1 aliphatic heterocycles. The molecule has 5 heteroatoms. The number of carbonyl (C=O) groups is 1. The van der Waals surface area contributed by atoms with Gasteiger partial charge < -0.3 is 10.1 Å². The number of rotatable bonds is 2. The molecule has 0 saturated heterocycles. The number of benzene rings is 2. The van der Waals surface area contributed by atoms with Crippen molar-refractivity contribution in [2.24, 2.45) is 0 Å². The fourth-order valence-electron chi connectivity index (χ4n) is 2.71. The van der Waals surface area contributed by atoms with E-state index in [1.165, 1.54) is 12.1 Å². The van der Waals surface area contributed by atoms with E-state index in [1.54, 1.807) is 19.2 Å². The van der Waals surface area contributed by atoms with Gasteiger partial charge in [-0.15, -0.1) is 0 Å². The number of fused-ring (bicyclic) bond motifs is 1. The lowest BCUT2D eigenvalue weighted by atomic mass is 9.88. The maximum Gasteiger partial charge on any atom is 0.225 e. The summed E-state index contributed by atoms with van der Waals surface area (Å²) < 4.78 is 19.6. The van der Waals surface area contributed by atoms with Crippen LogP contribution in [0.5, 0.6) is 5.75 Å². The van der Waals surface area contributed by atoms with Gasteiger partial charge in [0.1, 0.15) is 11.6 Å². The van der Waals surface area contributed by atoms with Crippen LogP contribution in [-0.2, 0) is 11.2 Å². The molecule has 0 fully saturated rings. The summed E-state index contributed by atoms with van der Waals surface area (Å²) in [5.74, 6) is -0.0107. The highest BCUT2D eigenvalue weighted by Gasteiger charge is 2.31. The maximum atomic E-state index is 14.2. The first-order valence-corrected chi connectivity index (χ1v) is 6.88. The van der Waals surface area contributed by atoms with Gasteiger partial charge in [0, 0.05) is 16.1 Å². The zero-order chi connectivity index (χ0) is 15.0. The smallest absolute Gasteiger partial charge is 0.225 e. The minimum Gasteiger partial charge on any atom is -0.496 e. The topological polar surface area (TPSA) is 38.3 Å². The molecule has 3 rings (SSSR count). The van der Waals surface area contributed by atoms with E-state index in [-0.39, 0.29) is 22.9 Å². The molecule has 0 saturated carbocycles.